The minimum absolute atomic E-state index is 0. The van der Waals surface area contributed by atoms with Gasteiger partial charge in [-0.3, -0.25) is 0 Å². The molecule has 0 bridgehead atoms. The Hall–Kier alpha value is 1.16. The van der Waals surface area contributed by atoms with Crippen LogP contribution in [0.2, 0.25) is 0 Å². The molecule has 0 fully saturated rings. The maximum atomic E-state index is 2.23. The van der Waals surface area contributed by atoms with Crippen molar-refractivity contribution in [2.24, 2.45) is 0 Å². The van der Waals surface area contributed by atoms with Crippen molar-refractivity contribution in [3.63, 3.8) is 0 Å². The Morgan fingerprint density at radius 2 is 0.800 bits per heavy atom. The molecule has 0 unspecified atom stereocenters. The number of halogens is 4. The molecule has 0 aliphatic rings. The highest BCUT2D eigenvalue weighted by atomic mass is 35.5. The minimum atomic E-state index is 0. The predicted molar refractivity (Wildman–Crippen MR) is 58.8 cm³/mol. The number of hydrogen-bond acceptors (Lipinski definition) is 0. The van der Waals surface area contributed by atoms with E-state index in [4.69, 9.17) is 0 Å². The van der Waals surface area contributed by atoms with Gasteiger partial charge in [0, 0.05) is 0 Å². The highest BCUT2D eigenvalue weighted by molar-refractivity contribution is 5.86. The van der Waals surface area contributed by atoms with E-state index in [1.165, 1.54) is 25.7 Å². The van der Waals surface area contributed by atoms with Crippen LogP contribution in [0.3, 0.4) is 0 Å². The van der Waals surface area contributed by atoms with Gasteiger partial charge in [-0.05, 0) is 0 Å². The Morgan fingerprint density at radius 1 is 0.600 bits per heavy atom. The number of rotatable bonds is 3. The van der Waals surface area contributed by atoms with E-state index in [0.29, 0.717) is 0 Å². The summed E-state index contributed by atoms with van der Waals surface area (Å²) in [6.45, 7) is 4.46. The molecule has 10 heavy (non-hydrogen) atoms. The van der Waals surface area contributed by atoms with Gasteiger partial charge in [0.25, 0.3) is 0 Å². The van der Waals surface area contributed by atoms with Crippen LogP contribution in [0.5, 0.6) is 0 Å². The van der Waals surface area contributed by atoms with Gasteiger partial charge in [0.2, 0.25) is 0 Å². The first kappa shape index (κ1) is 30.4. The van der Waals surface area contributed by atoms with Gasteiger partial charge in [0.1, 0.15) is 0 Å². The molecule has 0 spiro atoms. The van der Waals surface area contributed by atoms with Crippen LogP contribution in [0.1, 0.15) is 39.5 Å². The van der Waals surface area contributed by atoms with Gasteiger partial charge in [-0.25, -0.2) is 0 Å². The van der Waals surface area contributed by atoms with E-state index in [9.17, 15) is 0 Å². The SMILES string of the molecule is CCCCCC.Cl.Cl.Cl.Cl. The van der Waals surface area contributed by atoms with Crippen LogP contribution in [-0.4, -0.2) is 0 Å². The molecular formula is C6H18Cl4. The molecule has 0 aliphatic carbocycles. The summed E-state index contributed by atoms with van der Waals surface area (Å²) in [5.74, 6) is 0. The van der Waals surface area contributed by atoms with Crippen molar-refractivity contribution in [1.82, 2.24) is 0 Å². The van der Waals surface area contributed by atoms with Gasteiger partial charge in [-0.1, -0.05) is 39.5 Å². The quantitative estimate of drug-likeness (QED) is 0.637. The molecule has 0 heterocycles. The summed E-state index contributed by atoms with van der Waals surface area (Å²) in [5, 5.41) is 0. The Labute approximate surface area is 89.2 Å². The Morgan fingerprint density at radius 3 is 0.900 bits per heavy atom. The third-order valence-electron chi connectivity index (χ3n) is 0.957. The highest BCUT2D eigenvalue weighted by Crippen LogP contribution is 1.95. The zero-order chi connectivity index (χ0) is 4.83. The molecule has 70 valence electrons. The fraction of sp³-hybridized carbons (Fsp3) is 1.00. The van der Waals surface area contributed by atoms with Crippen LogP contribution in [0.25, 0.3) is 0 Å². The maximum Gasteiger partial charge on any atom is -0.0536 e. The zero-order valence-corrected chi connectivity index (χ0v) is 9.73. The van der Waals surface area contributed by atoms with Crippen LogP contribution in [0.15, 0.2) is 0 Å². The first-order chi connectivity index (χ1) is 2.91. The van der Waals surface area contributed by atoms with E-state index in [-0.39, 0.29) is 49.6 Å². The standard InChI is InChI=1S/C6H14.4ClH/c1-3-5-6-4-2;;;;/h3-6H2,1-2H3;4*1H. The average molecular weight is 232 g/mol. The second-order valence-corrected chi connectivity index (χ2v) is 1.71. The number of hydrogen-bond donors (Lipinski definition) is 0. The van der Waals surface area contributed by atoms with E-state index >= 15 is 0 Å². The van der Waals surface area contributed by atoms with Crippen molar-refractivity contribution >= 4 is 49.6 Å². The Bertz CT molecular complexity index is 21.7. The average Bonchev–Trinajstić information content (AvgIpc) is 1.61. The summed E-state index contributed by atoms with van der Waals surface area (Å²) in [7, 11) is 0. The summed E-state index contributed by atoms with van der Waals surface area (Å²) in [6.07, 6.45) is 5.54. The second-order valence-electron chi connectivity index (χ2n) is 1.71. The summed E-state index contributed by atoms with van der Waals surface area (Å²) >= 11 is 0. The van der Waals surface area contributed by atoms with Crippen molar-refractivity contribution in [2.45, 2.75) is 39.5 Å². The molecule has 4 heteroatoms. The van der Waals surface area contributed by atoms with E-state index in [1.54, 1.807) is 0 Å². The molecule has 0 saturated heterocycles. The lowest BCUT2D eigenvalue weighted by Gasteiger charge is -1.86. The lowest BCUT2D eigenvalue weighted by Crippen LogP contribution is -1.66. The number of unbranched alkanes of at least 4 members (excludes halogenated alkanes) is 3. The lowest BCUT2D eigenvalue weighted by atomic mass is 10.2. The molecular weight excluding hydrogens is 214 g/mol. The second kappa shape index (κ2) is 32.0. The van der Waals surface area contributed by atoms with Crippen LogP contribution in [0.4, 0.5) is 0 Å². The van der Waals surface area contributed by atoms with Crippen LogP contribution >= 0.6 is 49.6 Å². The smallest absolute Gasteiger partial charge is 0.0536 e. The fourth-order valence-corrected chi connectivity index (χ4v) is 0.500. The summed E-state index contributed by atoms with van der Waals surface area (Å²) in [5.41, 5.74) is 0. The van der Waals surface area contributed by atoms with Crippen molar-refractivity contribution in [3.8, 4) is 0 Å². The van der Waals surface area contributed by atoms with Gasteiger partial charge in [0.15, 0.2) is 0 Å². The summed E-state index contributed by atoms with van der Waals surface area (Å²) in [6, 6.07) is 0. The molecule has 0 aromatic carbocycles. The molecule has 0 aromatic heterocycles. The molecule has 0 atom stereocenters. The van der Waals surface area contributed by atoms with Gasteiger partial charge >= 0.3 is 0 Å². The normalized spacial score (nSPS) is 5.40. The highest BCUT2D eigenvalue weighted by Gasteiger charge is 1.75. The first-order valence-corrected chi connectivity index (χ1v) is 2.91. The van der Waals surface area contributed by atoms with Crippen LogP contribution < -0.4 is 0 Å². The van der Waals surface area contributed by atoms with Crippen LogP contribution in [0, 0.1) is 0 Å². The monoisotopic (exact) mass is 230 g/mol. The van der Waals surface area contributed by atoms with Gasteiger partial charge in [0.05, 0.1) is 0 Å². The summed E-state index contributed by atoms with van der Waals surface area (Å²) < 4.78 is 0. The molecule has 0 aromatic rings. The van der Waals surface area contributed by atoms with E-state index in [1.807, 2.05) is 0 Å². The maximum absolute atomic E-state index is 2.23. The van der Waals surface area contributed by atoms with Crippen molar-refractivity contribution in [1.29, 1.82) is 0 Å². The Kier molecular flexibility index (Phi) is 97.2. The topological polar surface area (TPSA) is 0 Å². The van der Waals surface area contributed by atoms with Crippen molar-refractivity contribution < 1.29 is 0 Å². The predicted octanol–water partition coefficient (Wildman–Crippen LogP) is 4.27. The molecule has 0 amide bonds. The molecule has 0 N–H and O–H groups in total. The Balaban J connectivity index is -0.0000000208. The van der Waals surface area contributed by atoms with Gasteiger partial charge in [-0.15, -0.1) is 49.6 Å². The van der Waals surface area contributed by atoms with Crippen molar-refractivity contribution in [2.75, 3.05) is 0 Å². The molecule has 0 radical (unpaired) electrons. The van der Waals surface area contributed by atoms with Crippen LogP contribution in [-0.2, 0) is 0 Å². The largest absolute Gasteiger partial charge is 0.147 e. The van der Waals surface area contributed by atoms with Crippen molar-refractivity contribution in [3.05, 3.63) is 0 Å². The van der Waals surface area contributed by atoms with E-state index < -0.39 is 0 Å². The third kappa shape index (κ3) is 35.2. The molecule has 0 rings (SSSR count). The van der Waals surface area contributed by atoms with E-state index in [0.717, 1.165) is 0 Å². The minimum Gasteiger partial charge on any atom is -0.147 e. The van der Waals surface area contributed by atoms with Gasteiger partial charge < -0.3 is 0 Å². The summed E-state index contributed by atoms with van der Waals surface area (Å²) in [4.78, 5) is 0. The fourth-order valence-electron chi connectivity index (χ4n) is 0.500. The van der Waals surface area contributed by atoms with Gasteiger partial charge in [-0.2, -0.15) is 0 Å². The molecule has 0 nitrogen and oxygen atoms in total. The first-order valence-electron chi connectivity index (χ1n) is 2.91. The third-order valence-corrected chi connectivity index (χ3v) is 0.957. The lowest BCUT2D eigenvalue weighted by molar-refractivity contribution is 0.702. The zero-order valence-electron chi connectivity index (χ0n) is 6.46. The molecule has 0 aliphatic heterocycles. The molecule has 0 saturated carbocycles. The van der Waals surface area contributed by atoms with E-state index in [2.05, 4.69) is 13.8 Å².